The number of nitrogens with zero attached hydrogens (tertiary/aromatic N) is 1. The van der Waals surface area contributed by atoms with Crippen LogP contribution in [0.25, 0.3) is 0 Å². The van der Waals surface area contributed by atoms with Crippen molar-refractivity contribution in [3.8, 4) is 0 Å². The summed E-state index contributed by atoms with van der Waals surface area (Å²) in [6.45, 7) is 5.14. The van der Waals surface area contributed by atoms with Gasteiger partial charge in [-0.3, -0.25) is 9.59 Å². The van der Waals surface area contributed by atoms with E-state index < -0.39 is 0 Å². The Labute approximate surface area is 136 Å². The number of fused-ring (bicyclic) bond motifs is 1. The van der Waals surface area contributed by atoms with E-state index in [4.69, 9.17) is 4.74 Å². The smallest absolute Gasteiger partial charge is 0.315 e. The molecule has 23 heavy (non-hydrogen) atoms. The molecule has 2 aromatic rings. The van der Waals surface area contributed by atoms with Gasteiger partial charge in [-0.2, -0.15) is 0 Å². The number of rotatable bonds is 5. The zero-order chi connectivity index (χ0) is 16.4. The third kappa shape index (κ3) is 3.07. The van der Waals surface area contributed by atoms with E-state index in [1.807, 2.05) is 60.9 Å². The summed E-state index contributed by atoms with van der Waals surface area (Å²) in [5.41, 5.74) is 2.20. The number of ether oxygens (including phenoxy) is 1. The van der Waals surface area contributed by atoms with Crippen LogP contribution in [0.15, 0.2) is 42.5 Å². The van der Waals surface area contributed by atoms with Gasteiger partial charge in [-0.05, 0) is 24.5 Å². The molecule has 120 valence electrons. The van der Waals surface area contributed by atoms with Gasteiger partial charge in [-0.25, -0.2) is 0 Å². The van der Waals surface area contributed by atoms with Crippen molar-refractivity contribution < 1.29 is 14.3 Å². The number of carbonyl (C=O) groups is 2. The SMILES string of the molecule is CC(C)COC(=O)C1CCn2c(C(=O)c3ccccc3)ccc21. The average Bonchev–Trinajstić information content (AvgIpc) is 3.14. The molecule has 1 aromatic heterocycles. The van der Waals surface area contributed by atoms with Crippen molar-refractivity contribution in [3.63, 3.8) is 0 Å². The van der Waals surface area contributed by atoms with Gasteiger partial charge in [-0.15, -0.1) is 0 Å². The van der Waals surface area contributed by atoms with Crippen LogP contribution in [0.5, 0.6) is 0 Å². The summed E-state index contributed by atoms with van der Waals surface area (Å²) < 4.78 is 7.32. The highest BCUT2D eigenvalue weighted by Gasteiger charge is 2.33. The van der Waals surface area contributed by atoms with Gasteiger partial charge in [0.2, 0.25) is 5.78 Å². The van der Waals surface area contributed by atoms with E-state index in [1.54, 1.807) is 0 Å². The van der Waals surface area contributed by atoms with Crippen LogP contribution >= 0.6 is 0 Å². The van der Waals surface area contributed by atoms with Crippen LogP contribution in [0.1, 0.15) is 47.9 Å². The summed E-state index contributed by atoms with van der Waals surface area (Å²) in [7, 11) is 0. The molecule has 2 heterocycles. The molecule has 1 aromatic carbocycles. The van der Waals surface area contributed by atoms with Crippen LogP contribution in [-0.2, 0) is 16.1 Å². The highest BCUT2D eigenvalue weighted by atomic mass is 16.5. The topological polar surface area (TPSA) is 48.3 Å². The molecule has 4 heteroatoms. The van der Waals surface area contributed by atoms with Gasteiger partial charge in [0.1, 0.15) is 0 Å². The first kappa shape index (κ1) is 15.5. The summed E-state index contributed by atoms with van der Waals surface area (Å²) in [5.74, 6) is -0.129. The summed E-state index contributed by atoms with van der Waals surface area (Å²) in [4.78, 5) is 24.9. The number of carbonyl (C=O) groups excluding carboxylic acids is 2. The molecule has 1 atom stereocenters. The zero-order valence-corrected chi connectivity index (χ0v) is 13.5. The highest BCUT2D eigenvalue weighted by molar-refractivity contribution is 6.08. The molecule has 0 fully saturated rings. The molecule has 0 N–H and O–H groups in total. The molecule has 0 bridgehead atoms. The Kier molecular flexibility index (Phi) is 4.33. The van der Waals surface area contributed by atoms with Crippen molar-refractivity contribution in [2.45, 2.75) is 32.7 Å². The van der Waals surface area contributed by atoms with Gasteiger partial charge < -0.3 is 9.30 Å². The van der Waals surface area contributed by atoms with Crippen molar-refractivity contribution in [1.82, 2.24) is 4.57 Å². The molecule has 0 saturated heterocycles. The molecule has 0 radical (unpaired) electrons. The van der Waals surface area contributed by atoms with Crippen molar-refractivity contribution in [3.05, 3.63) is 59.4 Å². The minimum atomic E-state index is -0.258. The molecule has 4 nitrogen and oxygen atoms in total. The Bertz CT molecular complexity index is 715. The van der Waals surface area contributed by atoms with Crippen LogP contribution in [0, 0.1) is 5.92 Å². The Morgan fingerprint density at radius 2 is 1.91 bits per heavy atom. The Hall–Kier alpha value is -2.36. The van der Waals surface area contributed by atoms with Gasteiger partial charge in [-0.1, -0.05) is 44.2 Å². The van der Waals surface area contributed by atoms with Gasteiger partial charge in [0, 0.05) is 17.8 Å². The lowest BCUT2D eigenvalue weighted by molar-refractivity contribution is -0.146. The molecule has 0 saturated carbocycles. The second kappa shape index (κ2) is 6.41. The maximum atomic E-state index is 12.6. The Morgan fingerprint density at radius 3 is 2.61 bits per heavy atom. The van der Waals surface area contributed by atoms with Gasteiger partial charge in [0.15, 0.2) is 0 Å². The highest BCUT2D eigenvalue weighted by Crippen LogP contribution is 2.32. The van der Waals surface area contributed by atoms with E-state index in [9.17, 15) is 9.59 Å². The van der Waals surface area contributed by atoms with Crippen molar-refractivity contribution >= 4 is 11.8 Å². The fourth-order valence-corrected chi connectivity index (χ4v) is 2.97. The van der Waals surface area contributed by atoms with Crippen LogP contribution in [0.3, 0.4) is 0 Å². The predicted molar refractivity (Wildman–Crippen MR) is 87.5 cm³/mol. The normalized spacial score (nSPS) is 16.4. The van der Waals surface area contributed by atoms with Crippen molar-refractivity contribution in [1.29, 1.82) is 0 Å². The summed E-state index contributed by atoms with van der Waals surface area (Å²) in [6.07, 6.45) is 0.697. The number of hydrogen-bond acceptors (Lipinski definition) is 3. The molecule has 0 amide bonds. The molecule has 1 aliphatic rings. The fourth-order valence-electron chi connectivity index (χ4n) is 2.97. The van der Waals surface area contributed by atoms with E-state index in [0.29, 0.717) is 36.7 Å². The summed E-state index contributed by atoms with van der Waals surface area (Å²) in [6, 6.07) is 12.9. The van der Waals surface area contributed by atoms with Crippen LogP contribution in [0.2, 0.25) is 0 Å². The third-order valence-electron chi connectivity index (χ3n) is 4.12. The average molecular weight is 311 g/mol. The van der Waals surface area contributed by atoms with Crippen molar-refractivity contribution in [2.24, 2.45) is 5.92 Å². The fraction of sp³-hybridized carbons (Fsp3) is 0.368. The van der Waals surface area contributed by atoms with Gasteiger partial charge in [0.05, 0.1) is 18.2 Å². The number of hydrogen-bond donors (Lipinski definition) is 0. The quantitative estimate of drug-likeness (QED) is 0.628. The minimum Gasteiger partial charge on any atom is -0.465 e. The van der Waals surface area contributed by atoms with Crippen LogP contribution in [0.4, 0.5) is 0 Å². The van der Waals surface area contributed by atoms with E-state index in [2.05, 4.69) is 0 Å². The Balaban J connectivity index is 1.80. The first-order valence-electron chi connectivity index (χ1n) is 8.03. The lowest BCUT2D eigenvalue weighted by atomic mass is 10.1. The van der Waals surface area contributed by atoms with E-state index in [-0.39, 0.29) is 17.7 Å². The van der Waals surface area contributed by atoms with E-state index >= 15 is 0 Å². The zero-order valence-electron chi connectivity index (χ0n) is 13.5. The lowest BCUT2D eigenvalue weighted by Gasteiger charge is -2.11. The van der Waals surface area contributed by atoms with E-state index in [1.165, 1.54) is 0 Å². The Morgan fingerprint density at radius 1 is 1.17 bits per heavy atom. The molecular formula is C19H21NO3. The molecule has 1 aliphatic heterocycles. The predicted octanol–water partition coefficient (Wildman–Crippen LogP) is 3.41. The molecule has 0 aliphatic carbocycles. The summed E-state index contributed by atoms with van der Waals surface area (Å²) >= 11 is 0. The second-order valence-electron chi connectivity index (χ2n) is 6.36. The second-order valence-corrected chi connectivity index (χ2v) is 6.36. The maximum absolute atomic E-state index is 12.6. The number of esters is 1. The largest absolute Gasteiger partial charge is 0.465 e. The summed E-state index contributed by atoms with van der Waals surface area (Å²) in [5, 5.41) is 0. The first-order chi connectivity index (χ1) is 11.1. The first-order valence-corrected chi connectivity index (χ1v) is 8.03. The monoisotopic (exact) mass is 311 g/mol. The molecule has 3 rings (SSSR count). The van der Waals surface area contributed by atoms with Crippen molar-refractivity contribution in [2.75, 3.05) is 6.61 Å². The number of aromatic nitrogens is 1. The third-order valence-corrected chi connectivity index (χ3v) is 4.12. The lowest BCUT2D eigenvalue weighted by Crippen LogP contribution is -2.16. The van der Waals surface area contributed by atoms with E-state index in [0.717, 1.165) is 5.69 Å². The van der Waals surface area contributed by atoms with Crippen LogP contribution in [-0.4, -0.2) is 22.9 Å². The van der Waals surface area contributed by atoms with Gasteiger partial charge >= 0.3 is 5.97 Å². The van der Waals surface area contributed by atoms with Gasteiger partial charge in [0.25, 0.3) is 0 Å². The number of ketones is 1. The minimum absolute atomic E-state index is 0.00644. The molecular weight excluding hydrogens is 290 g/mol. The van der Waals surface area contributed by atoms with Crippen LogP contribution < -0.4 is 0 Å². The standard InChI is InChI=1S/C19H21NO3/c1-13(2)12-23-19(22)15-10-11-20-16(15)8-9-17(20)18(21)14-6-4-3-5-7-14/h3-9,13,15H,10-12H2,1-2H3. The maximum Gasteiger partial charge on any atom is 0.315 e. The molecule has 0 spiro atoms. The number of benzene rings is 1. The molecule has 1 unspecified atom stereocenters.